The number of nitrogens with zero attached hydrogens (tertiary/aromatic N) is 2. The molecule has 0 spiro atoms. The summed E-state index contributed by atoms with van der Waals surface area (Å²) in [7, 11) is 1.55. The summed E-state index contributed by atoms with van der Waals surface area (Å²) in [6, 6.07) is 3.41. The first-order valence-corrected chi connectivity index (χ1v) is 6.75. The Morgan fingerprint density at radius 3 is 2.75 bits per heavy atom. The number of aromatic nitrogens is 2. The molecule has 0 unspecified atom stereocenters. The molecule has 104 valence electrons. The van der Waals surface area contributed by atoms with Crippen molar-refractivity contribution in [1.82, 2.24) is 15.3 Å². The van der Waals surface area contributed by atoms with E-state index in [9.17, 15) is 0 Å². The Bertz CT molecular complexity index is 691. The van der Waals surface area contributed by atoms with Crippen molar-refractivity contribution in [2.24, 2.45) is 0 Å². The van der Waals surface area contributed by atoms with Crippen LogP contribution in [0.1, 0.15) is 11.3 Å². The fourth-order valence-corrected chi connectivity index (χ4v) is 2.83. The molecule has 1 aromatic heterocycles. The first kappa shape index (κ1) is 13.4. The van der Waals surface area contributed by atoms with Crippen LogP contribution in [0, 0.1) is 0 Å². The zero-order chi connectivity index (χ0) is 14.3. The second-order valence-corrected chi connectivity index (χ2v) is 5.24. The maximum atomic E-state index is 6.29. The van der Waals surface area contributed by atoms with Crippen LogP contribution in [0.3, 0.4) is 0 Å². The van der Waals surface area contributed by atoms with E-state index in [-0.39, 0.29) is 5.95 Å². The number of nitrogens with one attached hydrogen (secondary N) is 1. The van der Waals surface area contributed by atoms with Crippen LogP contribution in [0.2, 0.25) is 10.0 Å². The van der Waals surface area contributed by atoms with Crippen molar-refractivity contribution in [2.75, 3.05) is 12.8 Å². The third kappa shape index (κ3) is 2.18. The molecule has 3 rings (SSSR count). The Labute approximate surface area is 126 Å². The van der Waals surface area contributed by atoms with Crippen molar-refractivity contribution in [3.63, 3.8) is 0 Å². The molecule has 0 saturated heterocycles. The molecule has 0 atom stereocenters. The van der Waals surface area contributed by atoms with E-state index >= 15 is 0 Å². The molecular weight excluding hydrogens is 299 g/mol. The zero-order valence-corrected chi connectivity index (χ0v) is 12.2. The Morgan fingerprint density at radius 2 is 2.00 bits per heavy atom. The molecule has 0 fully saturated rings. The van der Waals surface area contributed by atoms with E-state index in [1.54, 1.807) is 19.2 Å². The average molecular weight is 311 g/mol. The molecule has 0 amide bonds. The molecule has 0 aliphatic carbocycles. The zero-order valence-electron chi connectivity index (χ0n) is 10.7. The number of anilines is 1. The third-order valence-electron chi connectivity index (χ3n) is 3.20. The van der Waals surface area contributed by atoms with Crippen LogP contribution in [0.15, 0.2) is 12.1 Å². The number of hydrogen-bond acceptors (Lipinski definition) is 5. The highest BCUT2D eigenvalue weighted by Crippen LogP contribution is 2.38. The van der Waals surface area contributed by atoms with Crippen LogP contribution in [0.5, 0.6) is 5.75 Å². The van der Waals surface area contributed by atoms with Gasteiger partial charge in [0.15, 0.2) is 0 Å². The lowest BCUT2D eigenvalue weighted by atomic mass is 10.1. The summed E-state index contributed by atoms with van der Waals surface area (Å²) in [4.78, 5) is 8.56. The highest BCUT2D eigenvalue weighted by molar-refractivity contribution is 6.37. The van der Waals surface area contributed by atoms with E-state index in [0.717, 1.165) is 22.5 Å². The molecule has 1 aromatic carbocycles. The lowest BCUT2D eigenvalue weighted by Gasteiger charge is -2.12. The minimum atomic E-state index is 0.229. The van der Waals surface area contributed by atoms with Crippen molar-refractivity contribution in [3.05, 3.63) is 33.4 Å². The van der Waals surface area contributed by atoms with Gasteiger partial charge in [0.05, 0.1) is 28.5 Å². The maximum Gasteiger partial charge on any atom is 0.220 e. The summed E-state index contributed by atoms with van der Waals surface area (Å²) in [5.74, 6) is 0.774. The molecular formula is C13H12Cl2N4O. The first-order valence-electron chi connectivity index (χ1n) is 5.99. The van der Waals surface area contributed by atoms with Crippen molar-refractivity contribution in [3.8, 4) is 17.0 Å². The van der Waals surface area contributed by atoms with Crippen molar-refractivity contribution in [2.45, 2.75) is 13.1 Å². The number of nitrogens with two attached hydrogens (primary N) is 1. The predicted molar refractivity (Wildman–Crippen MR) is 79.0 cm³/mol. The fourth-order valence-electron chi connectivity index (χ4n) is 2.28. The number of methoxy groups -OCH3 is 1. The Morgan fingerprint density at radius 1 is 1.20 bits per heavy atom. The number of fused-ring (bicyclic) bond motifs is 1. The lowest BCUT2D eigenvalue weighted by molar-refractivity contribution is 0.415. The number of rotatable bonds is 2. The van der Waals surface area contributed by atoms with Crippen LogP contribution in [0.4, 0.5) is 5.95 Å². The standard InChI is InChI=1S/C13H12Cl2N4O/c1-20-11-2-6(8(14)3-9(11)15)12-7-4-17-5-10(7)18-13(16)19-12/h2-3,17H,4-5H2,1H3,(H2,16,18,19). The number of hydrogen-bond donors (Lipinski definition) is 2. The summed E-state index contributed by atoms with van der Waals surface area (Å²) in [5, 5.41) is 4.19. The van der Waals surface area contributed by atoms with Gasteiger partial charge in [0.2, 0.25) is 5.95 Å². The van der Waals surface area contributed by atoms with Gasteiger partial charge in [-0.1, -0.05) is 23.2 Å². The molecule has 0 bridgehead atoms. The largest absolute Gasteiger partial charge is 0.495 e. The van der Waals surface area contributed by atoms with Crippen molar-refractivity contribution < 1.29 is 4.74 Å². The molecule has 2 heterocycles. The van der Waals surface area contributed by atoms with Gasteiger partial charge in [-0.15, -0.1) is 0 Å². The highest BCUT2D eigenvalue weighted by atomic mass is 35.5. The van der Waals surface area contributed by atoms with Crippen LogP contribution in [-0.2, 0) is 13.1 Å². The van der Waals surface area contributed by atoms with E-state index in [4.69, 9.17) is 33.7 Å². The van der Waals surface area contributed by atoms with Gasteiger partial charge in [-0.05, 0) is 12.1 Å². The second-order valence-electron chi connectivity index (χ2n) is 4.43. The normalized spacial score (nSPS) is 13.3. The summed E-state index contributed by atoms with van der Waals surface area (Å²) in [5.41, 5.74) is 9.13. The number of benzene rings is 1. The highest BCUT2D eigenvalue weighted by Gasteiger charge is 2.21. The van der Waals surface area contributed by atoms with Gasteiger partial charge >= 0.3 is 0 Å². The second kappa shape index (κ2) is 5.09. The monoisotopic (exact) mass is 310 g/mol. The predicted octanol–water partition coefficient (Wildman–Crippen LogP) is 2.64. The quantitative estimate of drug-likeness (QED) is 0.892. The Hall–Kier alpha value is -1.56. The summed E-state index contributed by atoms with van der Waals surface area (Å²) in [6.07, 6.45) is 0. The van der Waals surface area contributed by atoms with Gasteiger partial charge in [0, 0.05) is 24.2 Å². The molecule has 20 heavy (non-hydrogen) atoms. The van der Waals surface area contributed by atoms with Gasteiger partial charge in [0.1, 0.15) is 5.75 Å². The van der Waals surface area contributed by atoms with Crippen LogP contribution >= 0.6 is 23.2 Å². The average Bonchev–Trinajstić information content (AvgIpc) is 2.86. The molecule has 0 radical (unpaired) electrons. The summed E-state index contributed by atoms with van der Waals surface area (Å²) < 4.78 is 5.23. The number of nitrogen functional groups attached to an aromatic ring is 1. The summed E-state index contributed by atoms with van der Waals surface area (Å²) in [6.45, 7) is 1.36. The SMILES string of the molecule is COc1cc(-c2nc(N)nc3c2CNC3)c(Cl)cc1Cl. The lowest BCUT2D eigenvalue weighted by Crippen LogP contribution is -2.03. The van der Waals surface area contributed by atoms with E-state index in [1.165, 1.54) is 0 Å². The Balaban J connectivity index is 2.24. The van der Waals surface area contributed by atoms with Crippen LogP contribution in [-0.4, -0.2) is 17.1 Å². The fraction of sp³-hybridized carbons (Fsp3) is 0.231. The van der Waals surface area contributed by atoms with Gasteiger partial charge < -0.3 is 15.8 Å². The minimum absolute atomic E-state index is 0.229. The number of ether oxygens (including phenoxy) is 1. The van der Waals surface area contributed by atoms with Gasteiger partial charge in [-0.3, -0.25) is 0 Å². The molecule has 2 aromatic rings. The molecule has 0 saturated carbocycles. The summed E-state index contributed by atoms with van der Waals surface area (Å²) >= 11 is 12.3. The van der Waals surface area contributed by atoms with Crippen molar-refractivity contribution in [1.29, 1.82) is 0 Å². The minimum Gasteiger partial charge on any atom is -0.495 e. The van der Waals surface area contributed by atoms with E-state index < -0.39 is 0 Å². The maximum absolute atomic E-state index is 6.29. The van der Waals surface area contributed by atoms with Crippen LogP contribution in [0.25, 0.3) is 11.3 Å². The van der Waals surface area contributed by atoms with Crippen molar-refractivity contribution >= 4 is 29.2 Å². The Kier molecular flexibility index (Phi) is 3.41. The molecule has 1 aliphatic rings. The molecule has 3 N–H and O–H groups in total. The topological polar surface area (TPSA) is 73.1 Å². The van der Waals surface area contributed by atoms with Gasteiger partial charge in [0.25, 0.3) is 0 Å². The van der Waals surface area contributed by atoms with Gasteiger partial charge in [-0.2, -0.15) is 0 Å². The number of halogens is 2. The molecule has 1 aliphatic heterocycles. The van der Waals surface area contributed by atoms with E-state index in [0.29, 0.717) is 28.9 Å². The molecule has 5 nitrogen and oxygen atoms in total. The van der Waals surface area contributed by atoms with Crippen LogP contribution < -0.4 is 15.8 Å². The van der Waals surface area contributed by atoms with E-state index in [2.05, 4.69) is 15.3 Å². The first-order chi connectivity index (χ1) is 9.60. The third-order valence-corrected chi connectivity index (χ3v) is 3.81. The smallest absolute Gasteiger partial charge is 0.220 e. The molecule has 7 heteroatoms. The van der Waals surface area contributed by atoms with Gasteiger partial charge in [-0.25, -0.2) is 9.97 Å². The van der Waals surface area contributed by atoms with E-state index in [1.807, 2.05) is 0 Å².